The first-order valence-corrected chi connectivity index (χ1v) is 7.15. The number of rotatable bonds is 5. The lowest BCUT2D eigenvalue weighted by Crippen LogP contribution is -2.34. The van der Waals surface area contributed by atoms with Crippen LogP contribution in [0, 0.1) is 13.8 Å². The fourth-order valence-corrected chi connectivity index (χ4v) is 2.62. The molecule has 0 saturated carbocycles. The highest BCUT2D eigenvalue weighted by atomic mass is 16.4. The molecule has 0 bridgehead atoms. The van der Waals surface area contributed by atoms with E-state index in [0.29, 0.717) is 6.54 Å². The Morgan fingerprint density at radius 3 is 2.24 bits per heavy atom. The number of aryl methyl sites for hydroxylation is 2. The van der Waals surface area contributed by atoms with Gasteiger partial charge in [-0.1, -0.05) is 42.0 Å². The molecule has 0 spiro atoms. The van der Waals surface area contributed by atoms with Crippen molar-refractivity contribution in [3.8, 4) is 0 Å². The molecule has 2 rings (SSSR count). The zero-order chi connectivity index (χ0) is 15.4. The highest BCUT2D eigenvalue weighted by Crippen LogP contribution is 2.28. The van der Waals surface area contributed by atoms with E-state index in [2.05, 4.69) is 0 Å². The molecule has 0 saturated heterocycles. The SMILES string of the molecule is CCN(c1cccc(C)c1)C(C(=O)O)c1cccc(C)c1. The topological polar surface area (TPSA) is 40.5 Å². The molecule has 1 N–H and O–H groups in total. The minimum Gasteiger partial charge on any atom is -0.479 e. The molecule has 1 unspecified atom stereocenters. The van der Waals surface area contributed by atoms with Crippen LogP contribution in [0.3, 0.4) is 0 Å². The van der Waals surface area contributed by atoms with Crippen molar-refractivity contribution in [2.24, 2.45) is 0 Å². The third-order valence-electron chi connectivity index (χ3n) is 3.58. The minimum atomic E-state index is -0.830. The summed E-state index contributed by atoms with van der Waals surface area (Å²) in [4.78, 5) is 13.7. The van der Waals surface area contributed by atoms with Crippen molar-refractivity contribution in [3.05, 3.63) is 65.2 Å². The molecule has 3 heteroatoms. The first-order valence-electron chi connectivity index (χ1n) is 7.15. The summed E-state index contributed by atoms with van der Waals surface area (Å²) in [5, 5.41) is 9.71. The lowest BCUT2D eigenvalue weighted by atomic mass is 10.0. The van der Waals surface area contributed by atoms with Gasteiger partial charge in [0.1, 0.15) is 0 Å². The van der Waals surface area contributed by atoms with Crippen molar-refractivity contribution >= 4 is 11.7 Å². The summed E-state index contributed by atoms with van der Waals surface area (Å²) >= 11 is 0. The second kappa shape index (κ2) is 6.44. The quantitative estimate of drug-likeness (QED) is 0.903. The van der Waals surface area contributed by atoms with Crippen molar-refractivity contribution in [2.45, 2.75) is 26.8 Å². The normalized spacial score (nSPS) is 12.0. The van der Waals surface area contributed by atoms with Crippen LogP contribution >= 0.6 is 0 Å². The lowest BCUT2D eigenvalue weighted by Gasteiger charge is -2.30. The molecule has 21 heavy (non-hydrogen) atoms. The van der Waals surface area contributed by atoms with E-state index in [1.165, 1.54) is 0 Å². The van der Waals surface area contributed by atoms with Crippen molar-refractivity contribution in [3.63, 3.8) is 0 Å². The lowest BCUT2D eigenvalue weighted by molar-refractivity contribution is -0.138. The number of nitrogens with zero attached hydrogens (tertiary/aromatic N) is 1. The van der Waals surface area contributed by atoms with Gasteiger partial charge in [-0.2, -0.15) is 0 Å². The second-order valence-electron chi connectivity index (χ2n) is 5.28. The molecule has 3 nitrogen and oxygen atoms in total. The van der Waals surface area contributed by atoms with Gasteiger partial charge in [-0.25, -0.2) is 4.79 Å². The van der Waals surface area contributed by atoms with Crippen LogP contribution in [0.2, 0.25) is 0 Å². The Kier molecular flexibility index (Phi) is 4.63. The number of likely N-dealkylation sites (N-methyl/N-ethyl adjacent to an activating group) is 1. The van der Waals surface area contributed by atoms with Crippen LogP contribution in [0.15, 0.2) is 48.5 Å². The Labute approximate surface area is 125 Å². The number of hydrogen-bond acceptors (Lipinski definition) is 2. The molecule has 110 valence electrons. The molecule has 0 amide bonds. The average molecular weight is 283 g/mol. The second-order valence-corrected chi connectivity index (χ2v) is 5.28. The van der Waals surface area contributed by atoms with Crippen LogP contribution in [0.1, 0.15) is 29.7 Å². The van der Waals surface area contributed by atoms with Gasteiger partial charge in [0, 0.05) is 12.2 Å². The predicted molar refractivity (Wildman–Crippen MR) is 85.8 cm³/mol. The molecular weight excluding hydrogens is 262 g/mol. The molecule has 1 atom stereocenters. The fraction of sp³-hybridized carbons (Fsp3) is 0.278. The zero-order valence-electron chi connectivity index (χ0n) is 12.7. The standard InChI is InChI=1S/C18H21NO2/c1-4-19(16-10-6-8-14(3)12-16)17(18(20)21)15-9-5-7-13(2)11-15/h5-12,17H,4H2,1-3H3,(H,20,21). The van der Waals surface area contributed by atoms with E-state index >= 15 is 0 Å². The van der Waals surface area contributed by atoms with Gasteiger partial charge in [0.25, 0.3) is 0 Å². The van der Waals surface area contributed by atoms with Crippen molar-refractivity contribution in [1.29, 1.82) is 0 Å². The van der Waals surface area contributed by atoms with Gasteiger partial charge in [-0.15, -0.1) is 0 Å². The monoisotopic (exact) mass is 283 g/mol. The Morgan fingerprint density at radius 1 is 1.10 bits per heavy atom. The summed E-state index contributed by atoms with van der Waals surface area (Å²) in [6, 6.07) is 15.0. The Hall–Kier alpha value is -2.29. The Balaban J connectivity index is 2.47. The van der Waals surface area contributed by atoms with Crippen LogP contribution in [0.25, 0.3) is 0 Å². The number of carboxylic acid groups (broad SMARTS) is 1. The highest BCUT2D eigenvalue weighted by molar-refractivity contribution is 5.80. The third kappa shape index (κ3) is 3.43. The molecule has 0 aromatic heterocycles. The van der Waals surface area contributed by atoms with E-state index in [1.807, 2.05) is 74.2 Å². The van der Waals surface area contributed by atoms with Crippen molar-refractivity contribution in [2.75, 3.05) is 11.4 Å². The van der Waals surface area contributed by atoms with Crippen LogP contribution < -0.4 is 4.90 Å². The Bertz CT molecular complexity index is 637. The van der Waals surface area contributed by atoms with E-state index in [1.54, 1.807) is 0 Å². The molecule has 2 aromatic carbocycles. The van der Waals surface area contributed by atoms with Gasteiger partial charge >= 0.3 is 5.97 Å². The van der Waals surface area contributed by atoms with E-state index in [4.69, 9.17) is 0 Å². The number of hydrogen-bond donors (Lipinski definition) is 1. The van der Waals surface area contributed by atoms with Gasteiger partial charge in [-0.05, 0) is 44.0 Å². The van der Waals surface area contributed by atoms with Gasteiger partial charge < -0.3 is 10.0 Å². The van der Waals surface area contributed by atoms with E-state index < -0.39 is 12.0 Å². The van der Waals surface area contributed by atoms with E-state index in [-0.39, 0.29) is 0 Å². The molecule has 0 aliphatic carbocycles. The Morgan fingerprint density at radius 2 is 1.71 bits per heavy atom. The number of anilines is 1. The van der Waals surface area contributed by atoms with E-state index in [0.717, 1.165) is 22.4 Å². The number of aliphatic carboxylic acids is 1. The highest BCUT2D eigenvalue weighted by Gasteiger charge is 2.26. The van der Waals surface area contributed by atoms with Crippen molar-refractivity contribution in [1.82, 2.24) is 0 Å². The summed E-state index contributed by atoms with van der Waals surface area (Å²) in [7, 11) is 0. The fourth-order valence-electron chi connectivity index (χ4n) is 2.62. The largest absolute Gasteiger partial charge is 0.479 e. The number of carboxylic acids is 1. The molecule has 0 heterocycles. The molecular formula is C18H21NO2. The summed E-state index contributed by atoms with van der Waals surface area (Å²) in [6.45, 7) is 6.60. The molecule has 0 aliphatic heterocycles. The molecule has 0 aliphatic rings. The first-order chi connectivity index (χ1) is 10.0. The maximum atomic E-state index is 11.8. The predicted octanol–water partition coefficient (Wildman–Crippen LogP) is 3.96. The van der Waals surface area contributed by atoms with Gasteiger partial charge in [0.2, 0.25) is 0 Å². The molecule has 0 radical (unpaired) electrons. The third-order valence-corrected chi connectivity index (χ3v) is 3.58. The average Bonchev–Trinajstić information content (AvgIpc) is 2.44. The molecule has 2 aromatic rings. The van der Waals surface area contributed by atoms with Crippen LogP contribution in [-0.4, -0.2) is 17.6 Å². The maximum absolute atomic E-state index is 11.8. The summed E-state index contributed by atoms with van der Waals surface area (Å²) in [5.74, 6) is -0.830. The first kappa shape index (κ1) is 15.1. The van der Waals surface area contributed by atoms with Gasteiger partial charge in [0.05, 0.1) is 0 Å². The van der Waals surface area contributed by atoms with Crippen LogP contribution in [0.4, 0.5) is 5.69 Å². The summed E-state index contributed by atoms with van der Waals surface area (Å²) in [5.41, 5.74) is 3.94. The smallest absolute Gasteiger partial charge is 0.331 e. The van der Waals surface area contributed by atoms with E-state index in [9.17, 15) is 9.90 Å². The van der Waals surface area contributed by atoms with Gasteiger partial charge in [0.15, 0.2) is 6.04 Å². The summed E-state index contributed by atoms with van der Waals surface area (Å²) < 4.78 is 0. The van der Waals surface area contributed by atoms with Crippen molar-refractivity contribution < 1.29 is 9.90 Å². The minimum absolute atomic E-state index is 0.633. The zero-order valence-corrected chi connectivity index (χ0v) is 12.7. The summed E-state index contributed by atoms with van der Waals surface area (Å²) in [6.07, 6.45) is 0. The number of benzene rings is 2. The van der Waals surface area contributed by atoms with Gasteiger partial charge in [-0.3, -0.25) is 0 Å². The number of carbonyl (C=O) groups is 1. The van der Waals surface area contributed by atoms with Crippen LogP contribution in [0.5, 0.6) is 0 Å². The maximum Gasteiger partial charge on any atom is 0.331 e. The molecule has 0 fully saturated rings. The van der Waals surface area contributed by atoms with Crippen LogP contribution in [-0.2, 0) is 4.79 Å².